The van der Waals surface area contributed by atoms with Crippen molar-refractivity contribution in [1.82, 2.24) is 14.7 Å². The Labute approximate surface area is 299 Å². The van der Waals surface area contributed by atoms with Gasteiger partial charge in [0.15, 0.2) is 0 Å². The Morgan fingerprint density at radius 3 is 1.08 bits per heavy atom. The van der Waals surface area contributed by atoms with Gasteiger partial charge in [0.2, 0.25) is 0 Å². The second kappa shape index (κ2) is 24.2. The van der Waals surface area contributed by atoms with Crippen LogP contribution in [-0.2, 0) is 24.0 Å². The second-order valence-electron chi connectivity index (χ2n) is 8.63. The largest absolute Gasteiger partial charge is 3.00 e. The van der Waals surface area contributed by atoms with E-state index in [1.54, 1.807) is 27.7 Å². The van der Waals surface area contributed by atoms with Gasteiger partial charge in [-0.25, -0.2) is 0 Å². The van der Waals surface area contributed by atoms with Crippen LogP contribution in [0.3, 0.4) is 0 Å². The number of carboxylic acids is 5. The van der Waals surface area contributed by atoms with Crippen LogP contribution in [0.5, 0.6) is 0 Å². The van der Waals surface area contributed by atoms with Gasteiger partial charge < -0.3 is 49.5 Å². The third-order valence-corrected chi connectivity index (χ3v) is 6.06. The fraction of sp³-hybridized carbons (Fsp3) is 0.773. The molecule has 0 bridgehead atoms. The minimum absolute atomic E-state index is 0. The molecule has 0 aromatic carbocycles. The first kappa shape index (κ1) is 45.5. The van der Waals surface area contributed by atoms with E-state index in [1.807, 2.05) is 0 Å². The predicted molar refractivity (Wildman–Crippen MR) is 111 cm³/mol. The summed E-state index contributed by atoms with van der Waals surface area (Å²) >= 11 is 0. The molecule has 0 aliphatic heterocycles. The average molecular weight is 704 g/mol. The van der Waals surface area contributed by atoms with E-state index < -0.39 is 73.4 Å². The Bertz CT molecular complexity index is 698. The summed E-state index contributed by atoms with van der Waals surface area (Å²) in [6.07, 6.45) is 0.812. The fourth-order valence-electron chi connectivity index (χ4n) is 3.89. The van der Waals surface area contributed by atoms with Crippen molar-refractivity contribution in [2.75, 3.05) is 45.8 Å². The Hall–Kier alpha value is 0.555. The molecule has 0 saturated heterocycles. The van der Waals surface area contributed by atoms with Crippen LogP contribution in [0.15, 0.2) is 0 Å². The molecule has 0 aliphatic carbocycles. The third kappa shape index (κ3) is 18.1. The monoisotopic (exact) mass is 704 g/mol. The van der Waals surface area contributed by atoms with E-state index in [0.29, 0.717) is 12.8 Å². The van der Waals surface area contributed by atoms with Gasteiger partial charge in [0, 0.05) is 45.8 Å². The van der Waals surface area contributed by atoms with Gasteiger partial charge in [-0.05, 0) is 11.8 Å². The summed E-state index contributed by atoms with van der Waals surface area (Å²) in [5.74, 6) is -8.48. The number of carbonyl (C=O) groups is 5. The van der Waals surface area contributed by atoms with E-state index >= 15 is 0 Å². The number of carbonyl (C=O) groups excluding carboxylic acids is 5. The molecule has 207 valence electrons. The number of aliphatic carboxylic acids is 5. The standard InChI is InChI=1S/C22H39N3O10.Gd.2Na/c1-5-14(3)19(21(32)33)24(12-17(28)29)9-7-23(11-16(26)27)8-10-25(13-18(30)31)20(22(34)35)15(4)6-2;;;/h14-15,19-20H,5-13H2,1-4H3,(H,26,27)(H,28,29)(H,30,31)(H,32,33)(H,34,35);;;/q;+3;2*+1/p-5/t14-,15-,19-,20-;;;/m0.../s1. The summed E-state index contributed by atoms with van der Waals surface area (Å²) < 4.78 is 0. The summed E-state index contributed by atoms with van der Waals surface area (Å²) in [7, 11) is 0. The molecule has 0 N–H and O–H groups in total. The maximum Gasteiger partial charge on any atom is 3.00 e. The van der Waals surface area contributed by atoms with Gasteiger partial charge in [-0.3, -0.25) is 14.7 Å². The smallest absolute Gasteiger partial charge is 0.549 e. The molecule has 0 saturated carbocycles. The van der Waals surface area contributed by atoms with Crippen molar-refractivity contribution in [3.8, 4) is 0 Å². The maximum absolute atomic E-state index is 11.7. The van der Waals surface area contributed by atoms with Crippen LogP contribution in [0.25, 0.3) is 0 Å². The number of hydrogen-bond acceptors (Lipinski definition) is 13. The van der Waals surface area contributed by atoms with Gasteiger partial charge >= 0.3 is 99.1 Å². The van der Waals surface area contributed by atoms with E-state index in [0.717, 1.165) is 9.80 Å². The first-order chi connectivity index (χ1) is 16.2. The molecule has 4 atom stereocenters. The Morgan fingerprint density at radius 1 is 0.579 bits per heavy atom. The zero-order chi connectivity index (χ0) is 27.3. The Balaban J connectivity index is -0.00000193. The van der Waals surface area contributed by atoms with Gasteiger partial charge in [-0.15, -0.1) is 0 Å². The van der Waals surface area contributed by atoms with E-state index in [9.17, 15) is 49.5 Å². The molecule has 1 radical (unpaired) electrons. The van der Waals surface area contributed by atoms with E-state index in [4.69, 9.17) is 0 Å². The van der Waals surface area contributed by atoms with Gasteiger partial charge in [0.25, 0.3) is 0 Å². The topological polar surface area (TPSA) is 210 Å². The molecular weight excluding hydrogens is 669 g/mol. The van der Waals surface area contributed by atoms with E-state index in [1.165, 1.54) is 4.90 Å². The molecule has 0 fully saturated rings. The van der Waals surface area contributed by atoms with Crippen LogP contribution in [0, 0.1) is 51.8 Å². The Kier molecular flexibility index (Phi) is 29.0. The van der Waals surface area contributed by atoms with Crippen LogP contribution in [0.1, 0.15) is 40.5 Å². The maximum atomic E-state index is 11.7. The molecule has 16 heteroatoms. The molecule has 0 aromatic rings. The fourth-order valence-corrected chi connectivity index (χ4v) is 3.89. The molecule has 0 aliphatic rings. The molecular formula is C22H34GdN3Na2O10. The molecule has 13 nitrogen and oxygen atoms in total. The quantitative estimate of drug-likeness (QED) is 0.108. The molecule has 0 rings (SSSR count). The SMILES string of the molecule is CC[C@H](C)[C@@H](C(=O)[O-])N(CCN(CCN(CC(=O)[O-])[C@H](C(=O)[O-])[C@@H](C)CC)CC(=O)[O-])CC(=O)[O-].[Gd+3].[Na+].[Na+]. The van der Waals surface area contributed by atoms with Gasteiger partial charge in [-0.1, -0.05) is 40.5 Å². The van der Waals surface area contributed by atoms with Crippen LogP contribution >= 0.6 is 0 Å². The zero-order valence-electron chi connectivity index (χ0n) is 23.0. The van der Waals surface area contributed by atoms with Crippen molar-refractivity contribution < 1.29 is 149 Å². The third-order valence-electron chi connectivity index (χ3n) is 6.06. The normalized spacial score (nSPS) is 13.9. The average Bonchev–Trinajstić information content (AvgIpc) is 2.73. The zero-order valence-corrected chi connectivity index (χ0v) is 29.2. The van der Waals surface area contributed by atoms with E-state index in [-0.39, 0.29) is 125 Å². The van der Waals surface area contributed by atoms with Crippen molar-refractivity contribution in [2.24, 2.45) is 11.8 Å². The first-order valence-electron chi connectivity index (χ1n) is 11.5. The summed E-state index contributed by atoms with van der Waals surface area (Å²) in [6.45, 7) is 3.87. The number of nitrogens with zero attached hydrogens (tertiary/aromatic N) is 3. The van der Waals surface area contributed by atoms with Gasteiger partial charge in [-0.2, -0.15) is 0 Å². The Morgan fingerprint density at radius 2 is 0.868 bits per heavy atom. The molecule has 0 aromatic heterocycles. The summed E-state index contributed by atoms with van der Waals surface area (Å²) in [6, 6.07) is -2.55. The summed E-state index contributed by atoms with van der Waals surface area (Å²) in [5, 5.41) is 57.0. The minimum Gasteiger partial charge on any atom is -0.549 e. The molecule has 0 heterocycles. The van der Waals surface area contributed by atoms with Crippen molar-refractivity contribution in [3.05, 3.63) is 0 Å². The molecule has 38 heavy (non-hydrogen) atoms. The van der Waals surface area contributed by atoms with Crippen molar-refractivity contribution in [2.45, 2.75) is 52.6 Å². The van der Waals surface area contributed by atoms with Crippen LogP contribution in [0.2, 0.25) is 0 Å². The van der Waals surface area contributed by atoms with Gasteiger partial charge in [0.05, 0.1) is 41.9 Å². The van der Waals surface area contributed by atoms with Crippen LogP contribution in [-0.4, -0.2) is 102 Å². The molecule has 0 amide bonds. The predicted octanol–water partition coefficient (Wildman–Crippen LogP) is -12.5. The summed E-state index contributed by atoms with van der Waals surface area (Å²) in [5.41, 5.74) is 0. The van der Waals surface area contributed by atoms with Crippen LogP contribution in [0.4, 0.5) is 0 Å². The van der Waals surface area contributed by atoms with Crippen LogP contribution < -0.4 is 84.6 Å². The van der Waals surface area contributed by atoms with Crippen molar-refractivity contribution in [3.63, 3.8) is 0 Å². The van der Waals surface area contributed by atoms with E-state index in [2.05, 4.69) is 0 Å². The minimum atomic E-state index is -1.53. The molecule has 0 unspecified atom stereocenters. The van der Waals surface area contributed by atoms with Gasteiger partial charge in [0.1, 0.15) is 0 Å². The molecule has 0 spiro atoms. The van der Waals surface area contributed by atoms with Crippen molar-refractivity contribution in [1.29, 1.82) is 0 Å². The number of rotatable bonds is 20. The number of hydrogen-bond donors (Lipinski definition) is 0. The second-order valence-corrected chi connectivity index (χ2v) is 8.63. The summed E-state index contributed by atoms with van der Waals surface area (Å²) in [4.78, 5) is 60.5. The number of carboxylic acid groups (broad SMARTS) is 5. The first-order valence-corrected chi connectivity index (χ1v) is 11.5. The van der Waals surface area contributed by atoms with Crippen molar-refractivity contribution >= 4 is 29.8 Å².